The van der Waals surface area contributed by atoms with E-state index in [1.165, 1.54) is 0 Å². The molecular weight excluding hydrogens is 182 g/mol. The van der Waals surface area contributed by atoms with Gasteiger partial charge in [0.25, 0.3) is 0 Å². The number of amides is 1. The van der Waals surface area contributed by atoms with Crippen molar-refractivity contribution in [3.8, 4) is 0 Å². The van der Waals surface area contributed by atoms with Crippen LogP contribution in [0.2, 0.25) is 0 Å². The lowest BCUT2D eigenvalue weighted by Gasteiger charge is -2.21. The summed E-state index contributed by atoms with van der Waals surface area (Å²) >= 11 is 0. The van der Waals surface area contributed by atoms with E-state index in [0.29, 0.717) is 13.2 Å². The molecule has 1 heterocycles. The zero-order valence-electron chi connectivity index (χ0n) is 8.75. The van der Waals surface area contributed by atoms with E-state index in [1.54, 1.807) is 7.11 Å². The first-order valence-corrected chi connectivity index (χ1v) is 5.19. The van der Waals surface area contributed by atoms with Gasteiger partial charge < -0.3 is 14.8 Å². The van der Waals surface area contributed by atoms with E-state index >= 15 is 0 Å². The van der Waals surface area contributed by atoms with Gasteiger partial charge in [0.1, 0.15) is 0 Å². The first-order chi connectivity index (χ1) is 6.84. The average molecular weight is 201 g/mol. The van der Waals surface area contributed by atoms with Crippen molar-refractivity contribution in [1.82, 2.24) is 5.32 Å². The maximum absolute atomic E-state index is 11.6. The summed E-state index contributed by atoms with van der Waals surface area (Å²) in [6, 6.07) is 0. The highest BCUT2D eigenvalue weighted by molar-refractivity contribution is 5.78. The molecule has 0 aromatic heterocycles. The highest BCUT2D eigenvalue weighted by atomic mass is 16.5. The Morgan fingerprint density at radius 3 is 2.86 bits per heavy atom. The maximum atomic E-state index is 11.6. The van der Waals surface area contributed by atoms with E-state index in [4.69, 9.17) is 9.47 Å². The molecule has 82 valence electrons. The number of nitrogens with one attached hydrogen (secondary N) is 1. The van der Waals surface area contributed by atoms with Gasteiger partial charge in [-0.05, 0) is 19.3 Å². The number of hydrogen-bond acceptors (Lipinski definition) is 3. The van der Waals surface area contributed by atoms with Gasteiger partial charge in [0.05, 0.1) is 0 Å². The molecule has 0 radical (unpaired) electrons. The number of methoxy groups -OCH3 is 1. The zero-order valence-corrected chi connectivity index (χ0v) is 8.75. The molecule has 1 amide bonds. The quantitative estimate of drug-likeness (QED) is 0.661. The van der Waals surface area contributed by atoms with E-state index in [-0.39, 0.29) is 11.8 Å². The second-order valence-electron chi connectivity index (χ2n) is 3.52. The first kappa shape index (κ1) is 11.5. The van der Waals surface area contributed by atoms with Gasteiger partial charge in [-0.15, -0.1) is 0 Å². The molecule has 0 saturated carbocycles. The second-order valence-corrected chi connectivity index (χ2v) is 3.52. The maximum Gasteiger partial charge on any atom is 0.223 e. The van der Waals surface area contributed by atoms with Crippen LogP contribution in [0.15, 0.2) is 0 Å². The Morgan fingerprint density at radius 2 is 2.21 bits per heavy atom. The molecule has 1 N–H and O–H groups in total. The highest BCUT2D eigenvalue weighted by Crippen LogP contribution is 2.14. The summed E-state index contributed by atoms with van der Waals surface area (Å²) in [6.45, 7) is 2.85. The van der Waals surface area contributed by atoms with Crippen LogP contribution in [-0.2, 0) is 14.3 Å². The number of ether oxygens (including phenoxy) is 2. The number of rotatable bonds is 5. The molecule has 4 heteroatoms. The Balaban J connectivity index is 2.07. The van der Waals surface area contributed by atoms with Crippen molar-refractivity contribution < 1.29 is 14.3 Å². The molecule has 0 aliphatic carbocycles. The Kier molecular flexibility index (Phi) is 5.56. The Hall–Kier alpha value is -0.610. The fourth-order valence-electron chi connectivity index (χ4n) is 1.53. The molecule has 1 rings (SSSR count). The predicted octanol–water partition coefficient (Wildman–Crippen LogP) is 0.566. The summed E-state index contributed by atoms with van der Waals surface area (Å²) < 4.78 is 10.1. The summed E-state index contributed by atoms with van der Waals surface area (Å²) in [5.74, 6) is 0.329. The smallest absolute Gasteiger partial charge is 0.223 e. The topological polar surface area (TPSA) is 47.6 Å². The number of carbonyl (C=O) groups is 1. The van der Waals surface area contributed by atoms with Crippen LogP contribution >= 0.6 is 0 Å². The molecule has 4 nitrogen and oxygen atoms in total. The van der Waals surface area contributed by atoms with Gasteiger partial charge in [-0.3, -0.25) is 4.79 Å². The summed E-state index contributed by atoms with van der Waals surface area (Å²) in [4.78, 5) is 11.6. The van der Waals surface area contributed by atoms with Crippen LogP contribution in [0, 0.1) is 5.92 Å². The van der Waals surface area contributed by atoms with Crippen LogP contribution in [-0.4, -0.2) is 39.4 Å². The van der Waals surface area contributed by atoms with Crippen LogP contribution < -0.4 is 5.32 Å². The molecule has 1 aliphatic rings. The minimum absolute atomic E-state index is 0.159. The molecule has 0 bridgehead atoms. The van der Waals surface area contributed by atoms with Crippen molar-refractivity contribution >= 4 is 5.91 Å². The van der Waals surface area contributed by atoms with Gasteiger partial charge in [-0.1, -0.05) is 0 Å². The lowest BCUT2D eigenvalue weighted by atomic mass is 9.99. The molecule has 1 aliphatic heterocycles. The lowest BCUT2D eigenvalue weighted by molar-refractivity contribution is -0.127. The van der Waals surface area contributed by atoms with Crippen molar-refractivity contribution in [3.63, 3.8) is 0 Å². The van der Waals surface area contributed by atoms with E-state index < -0.39 is 0 Å². The minimum atomic E-state index is 0.159. The number of hydrogen-bond donors (Lipinski definition) is 1. The molecule has 0 atom stereocenters. The molecule has 14 heavy (non-hydrogen) atoms. The number of carbonyl (C=O) groups excluding carboxylic acids is 1. The summed E-state index contributed by atoms with van der Waals surface area (Å²) in [6.07, 6.45) is 2.59. The lowest BCUT2D eigenvalue weighted by Crippen LogP contribution is -2.35. The monoisotopic (exact) mass is 201 g/mol. The highest BCUT2D eigenvalue weighted by Gasteiger charge is 2.20. The third kappa shape index (κ3) is 4.07. The molecule has 0 unspecified atom stereocenters. The predicted molar refractivity (Wildman–Crippen MR) is 53.0 cm³/mol. The van der Waals surface area contributed by atoms with Crippen LogP contribution in [0.1, 0.15) is 19.3 Å². The van der Waals surface area contributed by atoms with E-state index in [2.05, 4.69) is 5.32 Å². The largest absolute Gasteiger partial charge is 0.385 e. The first-order valence-electron chi connectivity index (χ1n) is 5.19. The van der Waals surface area contributed by atoms with Crippen LogP contribution in [0.3, 0.4) is 0 Å². The molecule has 1 fully saturated rings. The van der Waals surface area contributed by atoms with E-state index in [9.17, 15) is 4.79 Å². The van der Waals surface area contributed by atoms with Gasteiger partial charge in [0, 0.05) is 39.4 Å². The van der Waals surface area contributed by atoms with Crippen molar-refractivity contribution in [2.45, 2.75) is 19.3 Å². The zero-order chi connectivity index (χ0) is 10.2. The van der Waals surface area contributed by atoms with Crippen molar-refractivity contribution in [2.75, 3.05) is 33.5 Å². The standard InChI is InChI=1S/C10H19NO3/c1-13-6-2-5-11-10(12)9-3-7-14-8-4-9/h9H,2-8H2,1H3,(H,11,12). The third-order valence-corrected chi connectivity index (χ3v) is 2.42. The third-order valence-electron chi connectivity index (χ3n) is 2.42. The molecule has 0 spiro atoms. The Bertz CT molecular complexity index is 167. The van der Waals surface area contributed by atoms with Gasteiger partial charge >= 0.3 is 0 Å². The summed E-state index contributed by atoms with van der Waals surface area (Å²) in [5.41, 5.74) is 0. The Labute approximate surface area is 85.0 Å². The minimum Gasteiger partial charge on any atom is -0.385 e. The van der Waals surface area contributed by atoms with Gasteiger partial charge in [-0.2, -0.15) is 0 Å². The molecule has 0 aromatic rings. The average Bonchev–Trinajstić information content (AvgIpc) is 2.25. The SMILES string of the molecule is COCCCNC(=O)C1CCOCC1. The van der Waals surface area contributed by atoms with Crippen molar-refractivity contribution in [1.29, 1.82) is 0 Å². The van der Waals surface area contributed by atoms with Gasteiger partial charge in [0.15, 0.2) is 0 Å². The molecule has 1 saturated heterocycles. The fraction of sp³-hybridized carbons (Fsp3) is 0.900. The van der Waals surface area contributed by atoms with E-state index in [0.717, 1.165) is 32.5 Å². The van der Waals surface area contributed by atoms with Crippen LogP contribution in [0.4, 0.5) is 0 Å². The molecule has 0 aromatic carbocycles. The van der Waals surface area contributed by atoms with Crippen LogP contribution in [0.25, 0.3) is 0 Å². The fourth-order valence-corrected chi connectivity index (χ4v) is 1.53. The Morgan fingerprint density at radius 1 is 1.50 bits per heavy atom. The van der Waals surface area contributed by atoms with Crippen LogP contribution in [0.5, 0.6) is 0 Å². The second kappa shape index (κ2) is 6.79. The summed E-state index contributed by atoms with van der Waals surface area (Å²) in [5, 5.41) is 2.91. The normalized spacial score (nSPS) is 18.1. The molecular formula is C10H19NO3. The van der Waals surface area contributed by atoms with E-state index in [1.807, 2.05) is 0 Å². The van der Waals surface area contributed by atoms with Gasteiger partial charge in [0.2, 0.25) is 5.91 Å². The van der Waals surface area contributed by atoms with Crippen molar-refractivity contribution in [3.05, 3.63) is 0 Å². The summed E-state index contributed by atoms with van der Waals surface area (Å²) in [7, 11) is 1.67. The van der Waals surface area contributed by atoms with Gasteiger partial charge in [-0.25, -0.2) is 0 Å². The van der Waals surface area contributed by atoms with Crippen molar-refractivity contribution in [2.24, 2.45) is 5.92 Å².